The highest BCUT2D eigenvalue weighted by Crippen LogP contribution is 2.35. The molecule has 1 aliphatic rings. The Morgan fingerprint density at radius 1 is 1.26 bits per heavy atom. The third-order valence-electron chi connectivity index (χ3n) is 4.92. The van der Waals surface area contributed by atoms with Gasteiger partial charge in [0.05, 0.1) is 12.2 Å². The zero-order valence-electron chi connectivity index (χ0n) is 16.4. The largest absolute Gasteiger partial charge is 0.324 e. The van der Waals surface area contributed by atoms with E-state index in [9.17, 15) is 22.2 Å². The molecule has 0 aliphatic carbocycles. The minimum Gasteiger partial charge on any atom is -0.324 e. The Bertz CT molecular complexity index is 1140. The van der Waals surface area contributed by atoms with Crippen LogP contribution in [0, 0.1) is 17.5 Å². The van der Waals surface area contributed by atoms with E-state index in [1.165, 1.54) is 22.7 Å². The van der Waals surface area contributed by atoms with Crippen LogP contribution in [0.25, 0.3) is 10.4 Å². The monoisotopic (exact) mass is 469 g/mol. The van der Waals surface area contributed by atoms with Crippen LogP contribution in [0.1, 0.15) is 17.3 Å². The van der Waals surface area contributed by atoms with E-state index in [0.29, 0.717) is 12.1 Å². The summed E-state index contributed by atoms with van der Waals surface area (Å²) in [5.41, 5.74) is 0.730. The first-order chi connectivity index (χ1) is 14.7. The van der Waals surface area contributed by atoms with Crippen molar-refractivity contribution in [3.63, 3.8) is 0 Å². The normalized spacial score (nSPS) is 21.9. The lowest BCUT2D eigenvalue weighted by Crippen LogP contribution is -2.52. The topological polar surface area (TPSA) is 79.3 Å². The van der Waals surface area contributed by atoms with Crippen LogP contribution in [0.4, 0.5) is 18.9 Å². The molecule has 3 heterocycles. The minimum absolute atomic E-state index is 0.217. The first kappa shape index (κ1) is 21.7. The van der Waals surface area contributed by atoms with Gasteiger partial charge in [-0.3, -0.25) is 9.48 Å². The van der Waals surface area contributed by atoms with Crippen LogP contribution in [0.15, 0.2) is 36.7 Å². The zero-order valence-corrected chi connectivity index (χ0v) is 18.1. The number of halogens is 3. The SMILES string of the molecule is CN1C(C(=O)Nc2cc(F)c(F)c(F)c2)CC(c2ccc(-c3cnn(C)c3)s2)NS1=O. The van der Waals surface area contributed by atoms with Gasteiger partial charge in [0.15, 0.2) is 28.6 Å². The number of benzene rings is 1. The molecule has 2 aromatic heterocycles. The zero-order chi connectivity index (χ0) is 22.3. The highest BCUT2D eigenvalue weighted by atomic mass is 32.2. The van der Waals surface area contributed by atoms with E-state index < -0.39 is 40.6 Å². The van der Waals surface area contributed by atoms with Gasteiger partial charge in [-0.05, 0) is 18.6 Å². The molecule has 0 saturated carbocycles. The lowest BCUT2D eigenvalue weighted by molar-refractivity contribution is -0.120. The van der Waals surface area contributed by atoms with Crippen LogP contribution in [0.5, 0.6) is 0 Å². The summed E-state index contributed by atoms with van der Waals surface area (Å²) in [6.07, 6.45) is 3.90. The summed E-state index contributed by atoms with van der Waals surface area (Å²) in [6.45, 7) is 0. The van der Waals surface area contributed by atoms with Crippen LogP contribution in [-0.2, 0) is 23.0 Å². The summed E-state index contributed by atoms with van der Waals surface area (Å²) in [7, 11) is 3.33. The van der Waals surface area contributed by atoms with Crippen molar-refractivity contribution < 1.29 is 22.2 Å². The number of hydrogen-bond donors (Lipinski definition) is 2. The van der Waals surface area contributed by atoms with Gasteiger partial charge in [0.1, 0.15) is 6.04 Å². The maximum absolute atomic E-state index is 13.5. The van der Waals surface area contributed by atoms with Gasteiger partial charge in [0, 0.05) is 53.4 Å². The van der Waals surface area contributed by atoms with Gasteiger partial charge >= 0.3 is 0 Å². The maximum atomic E-state index is 13.5. The number of anilines is 1. The van der Waals surface area contributed by atoms with E-state index >= 15 is 0 Å². The number of thiophene rings is 1. The number of hydrogen-bond acceptors (Lipinski definition) is 4. The van der Waals surface area contributed by atoms with Crippen LogP contribution < -0.4 is 10.0 Å². The van der Waals surface area contributed by atoms with E-state index in [-0.39, 0.29) is 18.2 Å². The first-order valence-electron chi connectivity index (χ1n) is 9.18. The van der Waals surface area contributed by atoms with E-state index in [1.807, 2.05) is 25.4 Å². The van der Waals surface area contributed by atoms with E-state index in [1.54, 1.807) is 10.9 Å². The Morgan fingerprint density at radius 3 is 2.61 bits per heavy atom. The molecule has 3 aromatic rings. The third-order valence-corrected chi connectivity index (χ3v) is 7.43. The molecule has 1 amide bonds. The van der Waals surface area contributed by atoms with Crippen molar-refractivity contribution >= 4 is 34.1 Å². The number of nitrogens with one attached hydrogen (secondary N) is 2. The number of rotatable bonds is 4. The molecule has 1 aliphatic heterocycles. The smallest absolute Gasteiger partial charge is 0.242 e. The standard InChI is InChI=1S/C19H18F3N5O2S2/c1-26-9-10(8-23-26)16-3-4-17(30-16)14-7-15(27(2)31(29)25-14)19(28)24-11-5-12(20)18(22)13(21)6-11/h3-6,8-9,14-15,25H,7H2,1-2H3,(H,24,28). The van der Waals surface area contributed by atoms with E-state index in [4.69, 9.17) is 0 Å². The number of nitrogens with zero attached hydrogens (tertiary/aromatic N) is 3. The fourth-order valence-electron chi connectivity index (χ4n) is 3.28. The lowest BCUT2D eigenvalue weighted by atomic mass is 10.1. The van der Waals surface area contributed by atoms with Crippen LogP contribution >= 0.6 is 11.3 Å². The molecular weight excluding hydrogens is 451 g/mol. The number of aromatic nitrogens is 2. The average Bonchev–Trinajstić information content (AvgIpc) is 3.37. The Morgan fingerprint density at radius 2 is 1.97 bits per heavy atom. The van der Waals surface area contributed by atoms with E-state index in [2.05, 4.69) is 15.1 Å². The molecule has 0 spiro atoms. The molecule has 31 heavy (non-hydrogen) atoms. The summed E-state index contributed by atoms with van der Waals surface area (Å²) < 4.78 is 58.6. The minimum atomic E-state index is -1.66. The van der Waals surface area contributed by atoms with Crippen molar-refractivity contribution in [3.05, 3.63) is 59.0 Å². The highest BCUT2D eigenvalue weighted by Gasteiger charge is 2.37. The van der Waals surface area contributed by atoms with Crippen molar-refractivity contribution in [2.45, 2.75) is 18.5 Å². The van der Waals surface area contributed by atoms with Crippen molar-refractivity contribution in [2.75, 3.05) is 12.4 Å². The summed E-state index contributed by atoms with van der Waals surface area (Å²) >= 11 is -0.172. The fraction of sp³-hybridized carbons (Fsp3) is 0.263. The van der Waals surface area contributed by atoms with Gasteiger partial charge < -0.3 is 5.32 Å². The molecule has 0 bridgehead atoms. The Hall–Kier alpha value is -2.54. The molecule has 7 nitrogen and oxygen atoms in total. The second-order valence-electron chi connectivity index (χ2n) is 7.07. The Labute approximate surface area is 182 Å². The Balaban J connectivity index is 1.53. The fourth-order valence-corrected chi connectivity index (χ4v) is 5.45. The second-order valence-corrected chi connectivity index (χ2v) is 9.49. The number of carbonyl (C=O) groups excluding carboxylic acids is 1. The lowest BCUT2D eigenvalue weighted by Gasteiger charge is -2.35. The quantitative estimate of drug-likeness (QED) is 0.577. The van der Waals surface area contributed by atoms with Crippen LogP contribution in [0.3, 0.4) is 0 Å². The van der Waals surface area contributed by atoms with Crippen molar-refractivity contribution in [2.24, 2.45) is 7.05 Å². The number of amides is 1. The van der Waals surface area contributed by atoms with Crippen molar-refractivity contribution in [1.29, 1.82) is 0 Å². The molecule has 4 rings (SSSR count). The summed E-state index contributed by atoms with van der Waals surface area (Å²) in [5.74, 6) is -5.02. The van der Waals surface area contributed by atoms with Gasteiger partial charge in [-0.2, -0.15) is 5.10 Å². The maximum Gasteiger partial charge on any atom is 0.242 e. The highest BCUT2D eigenvalue weighted by molar-refractivity contribution is 7.80. The number of carbonyl (C=O) groups is 1. The van der Waals surface area contributed by atoms with Crippen molar-refractivity contribution in [3.8, 4) is 10.4 Å². The predicted molar refractivity (Wildman–Crippen MR) is 112 cm³/mol. The molecule has 2 N–H and O–H groups in total. The van der Waals surface area contributed by atoms with Gasteiger partial charge in [-0.25, -0.2) is 26.4 Å². The molecule has 1 aromatic carbocycles. The molecule has 1 saturated heterocycles. The average molecular weight is 470 g/mol. The molecule has 3 atom stereocenters. The van der Waals surface area contributed by atoms with Crippen LogP contribution in [0.2, 0.25) is 0 Å². The van der Waals surface area contributed by atoms with Gasteiger partial charge in [-0.1, -0.05) is 0 Å². The summed E-state index contributed by atoms with van der Waals surface area (Å²) in [5, 5.41) is 6.53. The predicted octanol–water partition coefficient (Wildman–Crippen LogP) is 3.12. The van der Waals surface area contributed by atoms with Gasteiger partial charge in [0.25, 0.3) is 0 Å². The van der Waals surface area contributed by atoms with Gasteiger partial charge in [0.2, 0.25) is 5.91 Å². The summed E-state index contributed by atoms with van der Waals surface area (Å²) in [6, 6.07) is 4.01. The third kappa shape index (κ3) is 4.42. The van der Waals surface area contributed by atoms with E-state index in [0.717, 1.165) is 15.3 Å². The number of aryl methyl sites for hydroxylation is 1. The first-order valence-corrected chi connectivity index (χ1v) is 11.1. The molecule has 1 fully saturated rings. The molecule has 0 radical (unpaired) electrons. The summed E-state index contributed by atoms with van der Waals surface area (Å²) in [4.78, 5) is 14.6. The van der Waals surface area contributed by atoms with Gasteiger partial charge in [-0.15, -0.1) is 11.3 Å². The number of likely N-dealkylation sites (N-methyl/N-ethyl adjacent to an activating group) is 1. The van der Waals surface area contributed by atoms with Crippen molar-refractivity contribution in [1.82, 2.24) is 18.8 Å². The Kier molecular flexibility index (Phi) is 5.97. The molecule has 12 heteroatoms. The second kappa shape index (κ2) is 8.54. The van der Waals surface area contributed by atoms with Crippen LogP contribution in [-0.4, -0.2) is 37.3 Å². The molecule has 3 unspecified atom stereocenters. The molecule has 164 valence electrons. The molecular formula is C19H18F3N5O2S2.